The molecule has 3 rings (SSSR count). The number of benzene rings is 1. The summed E-state index contributed by atoms with van der Waals surface area (Å²) in [6.07, 6.45) is 2.11. The number of hydrogen-bond donors (Lipinski definition) is 2. The Labute approximate surface area is 165 Å². The van der Waals surface area contributed by atoms with Crippen LogP contribution in [0.3, 0.4) is 0 Å². The van der Waals surface area contributed by atoms with Crippen LogP contribution in [0.1, 0.15) is 49.8 Å². The van der Waals surface area contributed by atoms with Crippen molar-refractivity contribution in [2.75, 3.05) is 7.05 Å². The molecule has 2 heterocycles. The molecule has 28 heavy (non-hydrogen) atoms. The van der Waals surface area contributed by atoms with E-state index in [0.717, 1.165) is 41.3 Å². The van der Waals surface area contributed by atoms with Crippen LogP contribution >= 0.6 is 0 Å². The Morgan fingerprint density at radius 2 is 1.75 bits per heavy atom. The largest absolute Gasteiger partial charge is 0.359 e. The molecule has 0 unspecified atom stereocenters. The van der Waals surface area contributed by atoms with E-state index >= 15 is 0 Å². The molecule has 0 spiro atoms. The average molecular weight is 381 g/mol. The minimum atomic E-state index is 0.445. The standard InChI is InChI=1S/C21H27N5O2/c1-4-15(5-2)19-12-18(27-26-19)14-24-21(22-3)23-13-17-11-20(28-25-17)16-9-7-6-8-10-16/h6-12,15H,4-5,13-14H2,1-3H3,(H2,22,23,24). The Morgan fingerprint density at radius 1 is 1.00 bits per heavy atom. The summed E-state index contributed by atoms with van der Waals surface area (Å²) in [5.74, 6) is 2.64. The van der Waals surface area contributed by atoms with Gasteiger partial charge in [-0.25, -0.2) is 0 Å². The highest BCUT2D eigenvalue weighted by atomic mass is 16.5. The predicted octanol–water partition coefficient (Wildman–Crippen LogP) is 4.10. The summed E-state index contributed by atoms with van der Waals surface area (Å²) in [5, 5.41) is 14.8. The zero-order valence-corrected chi connectivity index (χ0v) is 16.6. The Balaban J connectivity index is 1.51. The van der Waals surface area contributed by atoms with E-state index in [1.165, 1.54) is 0 Å². The molecule has 0 aliphatic heterocycles. The van der Waals surface area contributed by atoms with E-state index in [9.17, 15) is 0 Å². The fraction of sp³-hybridized carbons (Fsp3) is 0.381. The van der Waals surface area contributed by atoms with Gasteiger partial charge in [-0.05, 0) is 12.8 Å². The number of aromatic nitrogens is 2. The maximum absolute atomic E-state index is 5.44. The lowest BCUT2D eigenvalue weighted by Crippen LogP contribution is -2.36. The summed E-state index contributed by atoms with van der Waals surface area (Å²) < 4.78 is 10.9. The van der Waals surface area contributed by atoms with Crippen LogP contribution in [0, 0.1) is 0 Å². The molecule has 7 heteroatoms. The van der Waals surface area contributed by atoms with E-state index in [4.69, 9.17) is 9.05 Å². The van der Waals surface area contributed by atoms with Gasteiger partial charge in [0.15, 0.2) is 17.5 Å². The molecule has 1 aromatic carbocycles. The molecule has 7 nitrogen and oxygen atoms in total. The molecule has 0 aliphatic carbocycles. The fourth-order valence-electron chi connectivity index (χ4n) is 3.01. The molecule has 2 N–H and O–H groups in total. The lowest BCUT2D eigenvalue weighted by atomic mass is 9.99. The van der Waals surface area contributed by atoms with E-state index in [1.807, 2.05) is 42.5 Å². The predicted molar refractivity (Wildman–Crippen MR) is 109 cm³/mol. The van der Waals surface area contributed by atoms with Gasteiger partial charge in [-0.1, -0.05) is 54.5 Å². The van der Waals surface area contributed by atoms with Gasteiger partial charge in [-0.3, -0.25) is 4.99 Å². The molecule has 0 saturated heterocycles. The van der Waals surface area contributed by atoms with Gasteiger partial charge in [0.05, 0.1) is 18.8 Å². The lowest BCUT2D eigenvalue weighted by Gasteiger charge is -2.09. The zero-order chi connectivity index (χ0) is 19.8. The van der Waals surface area contributed by atoms with Crippen LogP contribution in [0.2, 0.25) is 0 Å². The molecular weight excluding hydrogens is 354 g/mol. The van der Waals surface area contributed by atoms with E-state index in [2.05, 4.69) is 39.8 Å². The minimum Gasteiger partial charge on any atom is -0.359 e. The number of aliphatic imine (C=N–C) groups is 1. The molecule has 0 fully saturated rings. The van der Waals surface area contributed by atoms with Crippen LogP contribution in [0.5, 0.6) is 0 Å². The summed E-state index contributed by atoms with van der Waals surface area (Å²) in [4.78, 5) is 4.23. The third-order valence-corrected chi connectivity index (χ3v) is 4.69. The van der Waals surface area contributed by atoms with Gasteiger partial charge in [0.25, 0.3) is 0 Å². The van der Waals surface area contributed by atoms with E-state index in [1.54, 1.807) is 7.05 Å². The second-order valence-electron chi connectivity index (χ2n) is 6.56. The highest BCUT2D eigenvalue weighted by Gasteiger charge is 2.13. The maximum Gasteiger partial charge on any atom is 0.191 e. The first-order chi connectivity index (χ1) is 13.7. The number of hydrogen-bond acceptors (Lipinski definition) is 5. The number of nitrogens with one attached hydrogen (secondary N) is 2. The number of nitrogens with zero attached hydrogens (tertiary/aromatic N) is 3. The van der Waals surface area contributed by atoms with Crippen LogP contribution in [-0.4, -0.2) is 23.3 Å². The third-order valence-electron chi connectivity index (χ3n) is 4.69. The monoisotopic (exact) mass is 381 g/mol. The van der Waals surface area contributed by atoms with Crippen LogP contribution in [0.4, 0.5) is 0 Å². The summed E-state index contributed by atoms with van der Waals surface area (Å²) in [6, 6.07) is 13.8. The topological polar surface area (TPSA) is 88.5 Å². The molecule has 3 aromatic rings. The van der Waals surface area contributed by atoms with E-state index < -0.39 is 0 Å². The van der Waals surface area contributed by atoms with E-state index in [0.29, 0.717) is 25.0 Å². The van der Waals surface area contributed by atoms with Crippen molar-refractivity contribution in [1.29, 1.82) is 0 Å². The smallest absolute Gasteiger partial charge is 0.191 e. The van der Waals surface area contributed by atoms with Crippen LogP contribution in [0.25, 0.3) is 11.3 Å². The van der Waals surface area contributed by atoms with Crippen LogP contribution in [-0.2, 0) is 13.1 Å². The first-order valence-electron chi connectivity index (χ1n) is 9.64. The van der Waals surface area contributed by atoms with Gasteiger partial charge in [-0.2, -0.15) is 0 Å². The minimum absolute atomic E-state index is 0.445. The molecule has 2 aromatic heterocycles. The Morgan fingerprint density at radius 3 is 2.46 bits per heavy atom. The van der Waals surface area contributed by atoms with Crippen molar-refractivity contribution in [3.05, 3.63) is 59.6 Å². The van der Waals surface area contributed by atoms with Gasteiger partial charge in [0.2, 0.25) is 0 Å². The van der Waals surface area contributed by atoms with Crippen molar-refractivity contribution in [3.63, 3.8) is 0 Å². The average Bonchev–Trinajstić information content (AvgIpc) is 3.40. The molecule has 0 saturated carbocycles. The number of guanidine groups is 1. The van der Waals surface area contributed by atoms with Crippen molar-refractivity contribution in [3.8, 4) is 11.3 Å². The van der Waals surface area contributed by atoms with Gasteiger partial charge in [0.1, 0.15) is 5.69 Å². The molecule has 0 atom stereocenters. The van der Waals surface area contributed by atoms with Gasteiger partial charge >= 0.3 is 0 Å². The highest BCUT2D eigenvalue weighted by Crippen LogP contribution is 2.22. The van der Waals surface area contributed by atoms with Gasteiger partial charge in [-0.15, -0.1) is 0 Å². The zero-order valence-electron chi connectivity index (χ0n) is 16.6. The molecular formula is C21H27N5O2. The first-order valence-corrected chi connectivity index (χ1v) is 9.64. The van der Waals surface area contributed by atoms with Crippen LogP contribution in [0.15, 0.2) is 56.5 Å². The Hall–Kier alpha value is -3.09. The van der Waals surface area contributed by atoms with Gasteiger partial charge in [0, 0.05) is 30.7 Å². The molecule has 0 radical (unpaired) electrons. The molecule has 0 bridgehead atoms. The molecule has 0 aliphatic rings. The first kappa shape index (κ1) is 19.7. The summed E-state index contributed by atoms with van der Waals surface area (Å²) in [5.41, 5.74) is 2.82. The Kier molecular flexibility index (Phi) is 6.84. The van der Waals surface area contributed by atoms with Crippen molar-refractivity contribution in [1.82, 2.24) is 20.9 Å². The molecule has 0 amide bonds. The lowest BCUT2D eigenvalue weighted by molar-refractivity contribution is 0.368. The third kappa shape index (κ3) is 5.00. The quantitative estimate of drug-likeness (QED) is 0.451. The second-order valence-corrected chi connectivity index (χ2v) is 6.56. The Bertz CT molecular complexity index is 881. The highest BCUT2D eigenvalue weighted by molar-refractivity contribution is 5.79. The van der Waals surface area contributed by atoms with Gasteiger partial charge < -0.3 is 19.7 Å². The van der Waals surface area contributed by atoms with E-state index in [-0.39, 0.29) is 0 Å². The second kappa shape index (κ2) is 9.73. The van der Waals surface area contributed by atoms with Crippen molar-refractivity contribution < 1.29 is 9.05 Å². The summed E-state index contributed by atoms with van der Waals surface area (Å²) in [6.45, 7) is 5.35. The maximum atomic E-state index is 5.44. The number of rotatable bonds is 8. The summed E-state index contributed by atoms with van der Waals surface area (Å²) >= 11 is 0. The van der Waals surface area contributed by atoms with Crippen molar-refractivity contribution >= 4 is 5.96 Å². The molecule has 148 valence electrons. The van der Waals surface area contributed by atoms with Crippen molar-refractivity contribution in [2.24, 2.45) is 4.99 Å². The normalized spacial score (nSPS) is 11.8. The summed E-state index contributed by atoms with van der Waals surface area (Å²) in [7, 11) is 1.73. The van der Waals surface area contributed by atoms with Crippen molar-refractivity contribution in [2.45, 2.75) is 45.7 Å². The SMILES string of the molecule is CCC(CC)c1cc(CNC(=NC)NCc2cc(-c3ccccc3)on2)on1. The fourth-order valence-corrected chi connectivity index (χ4v) is 3.01. The van der Waals surface area contributed by atoms with Crippen LogP contribution < -0.4 is 10.6 Å².